The quantitative estimate of drug-likeness (QED) is 0.423. The minimum Gasteiger partial charge on any atom is -0.494 e. The first kappa shape index (κ1) is 24.7. The number of rotatable bonds is 11. The molecule has 4 rings (SSSR count). The molecular formula is C27H34N4O4. The van der Waals surface area contributed by atoms with Crippen molar-refractivity contribution in [1.29, 1.82) is 0 Å². The summed E-state index contributed by atoms with van der Waals surface area (Å²) in [6.07, 6.45) is 5.68. The minimum absolute atomic E-state index is 0.266. The lowest BCUT2D eigenvalue weighted by Crippen LogP contribution is -2.31. The number of carbonyl (C=O) groups is 1. The van der Waals surface area contributed by atoms with E-state index in [1.807, 2.05) is 37.3 Å². The maximum atomic E-state index is 13.4. The van der Waals surface area contributed by atoms with Gasteiger partial charge >= 0.3 is 0 Å². The second-order valence-corrected chi connectivity index (χ2v) is 8.95. The van der Waals surface area contributed by atoms with Gasteiger partial charge in [-0.15, -0.1) is 0 Å². The Morgan fingerprint density at radius 1 is 1.03 bits per heavy atom. The zero-order chi connectivity index (χ0) is 24.6. The molecule has 8 heteroatoms. The zero-order valence-corrected chi connectivity index (χ0v) is 20.4. The van der Waals surface area contributed by atoms with Crippen molar-refractivity contribution in [3.63, 3.8) is 0 Å². The summed E-state index contributed by atoms with van der Waals surface area (Å²) in [6, 6.07) is 12.7. The molecule has 2 heterocycles. The molecule has 8 nitrogen and oxygen atoms in total. The highest BCUT2D eigenvalue weighted by Gasteiger charge is 2.16. The summed E-state index contributed by atoms with van der Waals surface area (Å²) in [5.74, 6) is 1.05. The van der Waals surface area contributed by atoms with E-state index in [-0.39, 0.29) is 12.1 Å². The summed E-state index contributed by atoms with van der Waals surface area (Å²) in [7, 11) is 0. The van der Waals surface area contributed by atoms with Gasteiger partial charge in [0.05, 0.1) is 24.1 Å². The van der Waals surface area contributed by atoms with Crippen LogP contribution >= 0.6 is 0 Å². The Kier molecular flexibility index (Phi) is 8.36. The molecule has 0 saturated carbocycles. The highest BCUT2D eigenvalue weighted by atomic mass is 16.5. The number of amides is 1. The molecule has 1 fully saturated rings. The van der Waals surface area contributed by atoms with Crippen LogP contribution in [0.1, 0.15) is 39.0 Å². The Bertz CT molecular complexity index is 1220. The van der Waals surface area contributed by atoms with Crippen LogP contribution in [0.4, 0.5) is 0 Å². The number of fused-ring (bicyclic) bond motifs is 1. The standard InChI is InChI=1S/C27H34N4O4/c1-2-15-34-21-9-6-8-20(17-21)26-29-24-11-10-22(18-23(24)27(33)31(26)19-25(28)32)35-16-7-14-30-12-4-3-5-13-30/h6,8-11,17-18H,2-5,7,12-16,19H2,1H3,(H2,28,32). The Hall–Kier alpha value is -3.39. The van der Waals surface area contributed by atoms with Gasteiger partial charge in [-0.3, -0.25) is 14.2 Å². The molecule has 3 aromatic rings. The third-order valence-corrected chi connectivity index (χ3v) is 6.14. The van der Waals surface area contributed by atoms with E-state index in [1.54, 1.807) is 12.1 Å². The molecule has 2 N–H and O–H groups in total. The van der Waals surface area contributed by atoms with Crippen molar-refractivity contribution in [2.75, 3.05) is 32.8 Å². The minimum atomic E-state index is -0.613. The predicted molar refractivity (Wildman–Crippen MR) is 137 cm³/mol. The van der Waals surface area contributed by atoms with Crippen molar-refractivity contribution in [1.82, 2.24) is 14.5 Å². The number of aromatic nitrogens is 2. The van der Waals surface area contributed by atoms with Gasteiger partial charge in [0.1, 0.15) is 23.9 Å². The van der Waals surface area contributed by atoms with E-state index in [9.17, 15) is 9.59 Å². The number of hydrogen-bond donors (Lipinski definition) is 1. The van der Waals surface area contributed by atoms with Crippen LogP contribution in [0.5, 0.6) is 11.5 Å². The number of nitrogens with zero attached hydrogens (tertiary/aromatic N) is 3. The van der Waals surface area contributed by atoms with Crippen LogP contribution in [0.2, 0.25) is 0 Å². The number of ether oxygens (including phenoxy) is 2. The summed E-state index contributed by atoms with van der Waals surface area (Å²) in [5, 5.41) is 0.391. The van der Waals surface area contributed by atoms with Crippen LogP contribution in [0, 0.1) is 0 Å². The molecular weight excluding hydrogens is 444 g/mol. The van der Waals surface area contributed by atoms with Crippen LogP contribution in [-0.2, 0) is 11.3 Å². The first-order valence-corrected chi connectivity index (χ1v) is 12.5. The van der Waals surface area contributed by atoms with Gasteiger partial charge < -0.3 is 20.1 Å². The molecule has 35 heavy (non-hydrogen) atoms. The molecule has 1 aliphatic heterocycles. The van der Waals surface area contributed by atoms with Gasteiger partial charge in [-0.1, -0.05) is 25.5 Å². The molecule has 1 amide bonds. The fraction of sp³-hybridized carbons (Fsp3) is 0.444. The lowest BCUT2D eigenvalue weighted by molar-refractivity contribution is -0.118. The number of hydrogen-bond acceptors (Lipinski definition) is 6. The smallest absolute Gasteiger partial charge is 0.262 e. The van der Waals surface area contributed by atoms with Crippen LogP contribution < -0.4 is 20.8 Å². The molecule has 0 atom stereocenters. The molecule has 0 radical (unpaired) electrons. The second kappa shape index (κ2) is 11.8. The van der Waals surface area contributed by atoms with E-state index in [0.717, 1.165) is 32.5 Å². The van der Waals surface area contributed by atoms with Gasteiger partial charge in [-0.25, -0.2) is 4.98 Å². The van der Waals surface area contributed by atoms with E-state index in [2.05, 4.69) is 4.90 Å². The topological polar surface area (TPSA) is 99.7 Å². The Morgan fingerprint density at radius 2 is 1.80 bits per heavy atom. The van der Waals surface area contributed by atoms with Crippen LogP contribution in [0.3, 0.4) is 0 Å². The highest BCUT2D eigenvalue weighted by molar-refractivity contribution is 5.82. The van der Waals surface area contributed by atoms with E-state index in [4.69, 9.17) is 20.2 Å². The second-order valence-electron chi connectivity index (χ2n) is 8.95. The first-order chi connectivity index (χ1) is 17.0. The summed E-state index contributed by atoms with van der Waals surface area (Å²) in [4.78, 5) is 32.4. The van der Waals surface area contributed by atoms with E-state index >= 15 is 0 Å². The maximum absolute atomic E-state index is 13.4. The van der Waals surface area contributed by atoms with Gasteiger partial charge in [0.25, 0.3) is 5.56 Å². The average molecular weight is 479 g/mol. The Labute approximate surface area is 205 Å². The first-order valence-electron chi connectivity index (χ1n) is 12.5. The molecule has 2 aromatic carbocycles. The van der Waals surface area contributed by atoms with E-state index in [0.29, 0.717) is 47.0 Å². The molecule has 1 aromatic heterocycles. The summed E-state index contributed by atoms with van der Waals surface area (Å²) in [5.41, 5.74) is 6.35. The molecule has 0 unspecified atom stereocenters. The normalized spacial score (nSPS) is 14.2. The SMILES string of the molecule is CCCOc1cccc(-c2nc3ccc(OCCCN4CCCCC4)cc3c(=O)n2CC(N)=O)c1. The van der Waals surface area contributed by atoms with Crippen LogP contribution in [-0.4, -0.2) is 53.2 Å². The van der Waals surface area contributed by atoms with Crippen molar-refractivity contribution < 1.29 is 14.3 Å². The van der Waals surface area contributed by atoms with Gasteiger partial charge in [0, 0.05) is 12.1 Å². The summed E-state index contributed by atoms with van der Waals surface area (Å²) in [6.45, 7) is 6.28. The Morgan fingerprint density at radius 3 is 2.57 bits per heavy atom. The van der Waals surface area contributed by atoms with Crippen LogP contribution in [0.15, 0.2) is 47.3 Å². The molecule has 1 saturated heterocycles. The highest BCUT2D eigenvalue weighted by Crippen LogP contribution is 2.25. The Balaban J connectivity index is 1.58. The van der Waals surface area contributed by atoms with Gasteiger partial charge in [0.15, 0.2) is 0 Å². The maximum Gasteiger partial charge on any atom is 0.262 e. The third-order valence-electron chi connectivity index (χ3n) is 6.14. The van der Waals surface area contributed by atoms with Crippen molar-refractivity contribution in [2.45, 2.75) is 45.6 Å². The third kappa shape index (κ3) is 6.39. The van der Waals surface area contributed by atoms with Crippen molar-refractivity contribution in [3.8, 4) is 22.9 Å². The fourth-order valence-electron chi connectivity index (χ4n) is 4.42. The van der Waals surface area contributed by atoms with Crippen molar-refractivity contribution in [2.24, 2.45) is 5.73 Å². The van der Waals surface area contributed by atoms with Crippen LogP contribution in [0.25, 0.3) is 22.3 Å². The van der Waals surface area contributed by atoms with E-state index < -0.39 is 5.91 Å². The molecule has 0 aliphatic carbocycles. The monoisotopic (exact) mass is 478 g/mol. The zero-order valence-electron chi connectivity index (χ0n) is 20.4. The number of nitrogens with two attached hydrogens (primary N) is 1. The van der Waals surface area contributed by atoms with Crippen molar-refractivity contribution in [3.05, 3.63) is 52.8 Å². The largest absolute Gasteiger partial charge is 0.494 e. The molecule has 186 valence electrons. The predicted octanol–water partition coefficient (Wildman–Crippen LogP) is 3.59. The fourth-order valence-corrected chi connectivity index (χ4v) is 4.42. The lowest BCUT2D eigenvalue weighted by Gasteiger charge is -2.26. The number of likely N-dealkylation sites (tertiary alicyclic amines) is 1. The number of carbonyl (C=O) groups excluding carboxylic acids is 1. The average Bonchev–Trinajstić information content (AvgIpc) is 2.87. The summed E-state index contributed by atoms with van der Waals surface area (Å²) < 4.78 is 13.0. The number of primary amides is 1. The summed E-state index contributed by atoms with van der Waals surface area (Å²) >= 11 is 0. The lowest BCUT2D eigenvalue weighted by atomic mass is 10.1. The molecule has 0 bridgehead atoms. The molecule has 0 spiro atoms. The number of piperidine rings is 1. The van der Waals surface area contributed by atoms with E-state index in [1.165, 1.54) is 23.8 Å². The van der Waals surface area contributed by atoms with Gasteiger partial charge in [-0.05, 0) is 69.1 Å². The molecule has 1 aliphatic rings. The van der Waals surface area contributed by atoms with Gasteiger partial charge in [0.2, 0.25) is 5.91 Å². The van der Waals surface area contributed by atoms with Gasteiger partial charge in [-0.2, -0.15) is 0 Å². The van der Waals surface area contributed by atoms with Crippen molar-refractivity contribution >= 4 is 16.8 Å². The number of benzene rings is 2.